The highest BCUT2D eigenvalue weighted by Crippen LogP contribution is 2.16. The first kappa shape index (κ1) is 14.7. The van der Waals surface area contributed by atoms with Crippen LogP contribution in [0.25, 0.3) is 0 Å². The summed E-state index contributed by atoms with van der Waals surface area (Å²) in [6.07, 6.45) is 1.48. The number of aromatic nitrogens is 4. The number of nitrogens with one attached hydrogen (secondary N) is 2. The molecule has 0 saturated heterocycles. The van der Waals surface area contributed by atoms with Crippen LogP contribution in [0.4, 0.5) is 10.6 Å². The first-order chi connectivity index (χ1) is 9.90. The van der Waals surface area contributed by atoms with Crippen LogP contribution in [0.2, 0.25) is 0 Å². The van der Waals surface area contributed by atoms with Gasteiger partial charge in [-0.1, -0.05) is 5.16 Å². The molecule has 112 valence electrons. The smallest absolute Gasteiger partial charge is 0.321 e. The van der Waals surface area contributed by atoms with Gasteiger partial charge in [0.1, 0.15) is 5.82 Å². The molecule has 2 amide bonds. The molecule has 2 N–H and O–H groups in total. The van der Waals surface area contributed by atoms with E-state index >= 15 is 0 Å². The molecule has 0 fully saturated rings. The number of anilines is 1. The van der Waals surface area contributed by atoms with Gasteiger partial charge in [0.25, 0.3) is 0 Å². The molecule has 0 aromatic carbocycles. The van der Waals surface area contributed by atoms with E-state index < -0.39 is 11.6 Å². The van der Waals surface area contributed by atoms with Crippen LogP contribution in [0.3, 0.4) is 0 Å². The normalized spacial score (nSPS) is 11.0. The number of aryl methyl sites for hydroxylation is 1. The molecule has 2 aromatic heterocycles. The minimum Gasteiger partial charge on any atom is -0.467 e. The largest absolute Gasteiger partial charge is 0.467 e. The highest BCUT2D eigenvalue weighted by molar-refractivity contribution is 5.88. The number of amides is 2. The van der Waals surface area contributed by atoms with Crippen LogP contribution in [0.1, 0.15) is 25.6 Å². The third-order valence-electron chi connectivity index (χ3n) is 2.57. The summed E-state index contributed by atoms with van der Waals surface area (Å²) >= 11 is 0. The van der Waals surface area contributed by atoms with Crippen molar-refractivity contribution in [3.05, 3.63) is 24.0 Å². The van der Waals surface area contributed by atoms with Crippen molar-refractivity contribution in [2.45, 2.75) is 26.3 Å². The van der Waals surface area contributed by atoms with Gasteiger partial charge in [-0.25, -0.2) is 9.78 Å². The van der Waals surface area contributed by atoms with Gasteiger partial charge in [-0.2, -0.15) is 9.97 Å². The van der Waals surface area contributed by atoms with Crippen LogP contribution in [0.15, 0.2) is 16.8 Å². The maximum atomic E-state index is 12.0. The van der Waals surface area contributed by atoms with E-state index in [2.05, 4.69) is 30.7 Å². The van der Waals surface area contributed by atoms with Crippen LogP contribution in [0, 0.1) is 6.92 Å². The van der Waals surface area contributed by atoms with Gasteiger partial charge < -0.3 is 14.6 Å². The Kier molecular flexibility index (Phi) is 4.01. The molecular weight excluding hydrogens is 276 g/mol. The molecule has 2 heterocycles. The summed E-state index contributed by atoms with van der Waals surface area (Å²) in [6.45, 7) is 5.20. The number of carbonyl (C=O) groups excluding carboxylic acids is 1. The summed E-state index contributed by atoms with van der Waals surface area (Å²) in [6, 6.07) is 1.26. The zero-order chi connectivity index (χ0) is 15.5. The quantitative estimate of drug-likeness (QED) is 0.870. The summed E-state index contributed by atoms with van der Waals surface area (Å²) in [4.78, 5) is 23.9. The predicted molar refractivity (Wildman–Crippen MR) is 72.8 cm³/mol. The second-order valence-corrected chi connectivity index (χ2v) is 4.77. The number of methoxy groups -OCH3 is 1. The van der Waals surface area contributed by atoms with Crippen LogP contribution in [-0.2, 0) is 5.54 Å². The lowest BCUT2D eigenvalue weighted by Crippen LogP contribution is -2.44. The van der Waals surface area contributed by atoms with E-state index in [0.717, 1.165) is 0 Å². The van der Waals surface area contributed by atoms with E-state index in [1.165, 1.54) is 13.3 Å². The molecule has 21 heavy (non-hydrogen) atoms. The minimum atomic E-state index is -0.793. The van der Waals surface area contributed by atoms with Gasteiger partial charge in [-0.3, -0.25) is 5.32 Å². The van der Waals surface area contributed by atoms with Crippen molar-refractivity contribution in [1.82, 2.24) is 25.4 Å². The minimum absolute atomic E-state index is 0.167. The maximum absolute atomic E-state index is 12.0. The van der Waals surface area contributed by atoms with Gasteiger partial charge in [0, 0.05) is 13.1 Å². The maximum Gasteiger partial charge on any atom is 0.321 e. The fourth-order valence-corrected chi connectivity index (χ4v) is 1.55. The number of hydrogen-bond acceptors (Lipinski definition) is 7. The molecule has 9 nitrogen and oxygen atoms in total. The number of rotatable bonds is 4. The molecule has 0 saturated carbocycles. The standard InChI is InChI=1S/C12H16N6O3/c1-7-14-9(18-21-7)12(2,3)17-10(19)15-8-5-6-13-11(16-8)20-4/h5-6H,1-4H3,(H2,13,15,16,17,19). The second-order valence-electron chi connectivity index (χ2n) is 4.77. The van der Waals surface area contributed by atoms with E-state index in [1.54, 1.807) is 26.8 Å². The lowest BCUT2D eigenvalue weighted by molar-refractivity contribution is 0.239. The van der Waals surface area contributed by atoms with Crippen molar-refractivity contribution >= 4 is 11.8 Å². The Hall–Kier alpha value is -2.71. The fraction of sp³-hybridized carbons (Fsp3) is 0.417. The van der Waals surface area contributed by atoms with E-state index in [0.29, 0.717) is 17.5 Å². The summed E-state index contributed by atoms with van der Waals surface area (Å²) < 4.78 is 9.79. The molecule has 9 heteroatoms. The van der Waals surface area contributed by atoms with Crippen molar-refractivity contribution in [3.8, 4) is 6.01 Å². The lowest BCUT2D eigenvalue weighted by atomic mass is 10.1. The molecule has 0 bridgehead atoms. The molecule has 0 spiro atoms. The Morgan fingerprint density at radius 1 is 1.38 bits per heavy atom. The van der Waals surface area contributed by atoms with Crippen molar-refractivity contribution in [2.75, 3.05) is 12.4 Å². The Bertz CT molecular complexity index is 639. The van der Waals surface area contributed by atoms with Gasteiger partial charge in [0.2, 0.25) is 5.89 Å². The van der Waals surface area contributed by atoms with Crippen molar-refractivity contribution < 1.29 is 14.1 Å². The predicted octanol–water partition coefficient (Wildman–Crippen LogP) is 1.23. The average Bonchev–Trinajstić information content (AvgIpc) is 2.86. The molecule has 0 aliphatic heterocycles. The Balaban J connectivity index is 2.03. The summed E-state index contributed by atoms with van der Waals surface area (Å²) in [5, 5.41) is 9.12. The molecular formula is C12H16N6O3. The van der Waals surface area contributed by atoms with E-state index in [-0.39, 0.29) is 6.01 Å². The molecule has 0 unspecified atom stereocenters. The molecule has 0 aliphatic rings. The van der Waals surface area contributed by atoms with E-state index in [4.69, 9.17) is 9.26 Å². The fourth-order valence-electron chi connectivity index (χ4n) is 1.55. The van der Waals surface area contributed by atoms with Crippen molar-refractivity contribution in [3.63, 3.8) is 0 Å². The first-order valence-corrected chi connectivity index (χ1v) is 6.18. The van der Waals surface area contributed by atoms with Crippen LogP contribution >= 0.6 is 0 Å². The van der Waals surface area contributed by atoms with Gasteiger partial charge >= 0.3 is 12.0 Å². The summed E-state index contributed by atoms with van der Waals surface area (Å²) in [5.41, 5.74) is -0.793. The van der Waals surface area contributed by atoms with Gasteiger partial charge in [-0.05, 0) is 19.9 Å². The van der Waals surface area contributed by atoms with Gasteiger partial charge in [-0.15, -0.1) is 0 Å². The SMILES string of the molecule is COc1nccc(NC(=O)NC(C)(C)c2noc(C)n2)n1. The Labute approximate surface area is 121 Å². The number of urea groups is 1. The van der Waals surface area contributed by atoms with Crippen molar-refractivity contribution in [1.29, 1.82) is 0 Å². The molecule has 2 aromatic rings. The second kappa shape index (κ2) is 5.73. The van der Waals surface area contributed by atoms with Crippen LogP contribution in [-0.4, -0.2) is 33.2 Å². The van der Waals surface area contributed by atoms with E-state index in [1.807, 2.05) is 0 Å². The summed E-state index contributed by atoms with van der Waals surface area (Å²) in [7, 11) is 1.45. The zero-order valence-electron chi connectivity index (χ0n) is 12.2. The molecule has 0 radical (unpaired) electrons. The first-order valence-electron chi connectivity index (χ1n) is 6.18. The number of hydrogen-bond donors (Lipinski definition) is 2. The molecule has 0 aliphatic carbocycles. The Morgan fingerprint density at radius 3 is 2.76 bits per heavy atom. The molecule has 0 atom stereocenters. The lowest BCUT2D eigenvalue weighted by Gasteiger charge is -2.22. The third kappa shape index (κ3) is 3.65. The van der Waals surface area contributed by atoms with Crippen LogP contribution < -0.4 is 15.4 Å². The topological polar surface area (TPSA) is 115 Å². The average molecular weight is 292 g/mol. The number of nitrogens with zero attached hydrogens (tertiary/aromatic N) is 4. The van der Waals surface area contributed by atoms with Gasteiger partial charge in [0.15, 0.2) is 5.82 Å². The summed E-state index contributed by atoms with van der Waals surface area (Å²) in [5.74, 6) is 1.13. The van der Waals surface area contributed by atoms with Crippen molar-refractivity contribution in [2.24, 2.45) is 0 Å². The monoisotopic (exact) mass is 292 g/mol. The number of ether oxygens (including phenoxy) is 1. The molecule has 2 rings (SSSR count). The Morgan fingerprint density at radius 2 is 2.14 bits per heavy atom. The zero-order valence-corrected chi connectivity index (χ0v) is 12.2. The third-order valence-corrected chi connectivity index (χ3v) is 2.57. The van der Waals surface area contributed by atoms with Gasteiger partial charge in [0.05, 0.1) is 12.6 Å². The highest BCUT2D eigenvalue weighted by Gasteiger charge is 2.28. The van der Waals surface area contributed by atoms with E-state index in [9.17, 15) is 4.79 Å². The van der Waals surface area contributed by atoms with Crippen LogP contribution in [0.5, 0.6) is 6.01 Å². The highest BCUT2D eigenvalue weighted by atomic mass is 16.5. The number of carbonyl (C=O) groups is 1.